The van der Waals surface area contributed by atoms with Crippen LogP contribution in [0.3, 0.4) is 0 Å². The zero-order chi connectivity index (χ0) is 13.4. The first-order chi connectivity index (χ1) is 8.75. The number of ether oxygens (including phenoxy) is 1. The summed E-state index contributed by atoms with van der Waals surface area (Å²) in [5.74, 6) is 0. The van der Waals surface area contributed by atoms with Crippen molar-refractivity contribution < 1.29 is 9.53 Å². The fourth-order valence-corrected chi connectivity index (χ4v) is 1.93. The van der Waals surface area contributed by atoms with Gasteiger partial charge >= 0.3 is 6.09 Å². The molecule has 0 aromatic heterocycles. The third kappa shape index (κ3) is 4.53. The van der Waals surface area contributed by atoms with E-state index < -0.39 is 0 Å². The first-order valence-electron chi connectivity index (χ1n) is 6.80. The van der Waals surface area contributed by atoms with Crippen LogP contribution in [-0.4, -0.2) is 31.3 Å². The van der Waals surface area contributed by atoms with Crippen molar-refractivity contribution in [1.82, 2.24) is 10.6 Å². The second-order valence-corrected chi connectivity index (χ2v) is 4.22. The van der Waals surface area contributed by atoms with Crippen molar-refractivity contribution in [2.75, 3.05) is 13.1 Å². The summed E-state index contributed by atoms with van der Waals surface area (Å²) in [6.07, 6.45) is 8.54. The Hall–Kier alpha value is -1.29. The molecular formula is C14H24N2O2. The maximum absolute atomic E-state index is 10.8. The van der Waals surface area contributed by atoms with Crippen LogP contribution in [0.15, 0.2) is 23.8 Å². The van der Waals surface area contributed by atoms with E-state index in [0.717, 1.165) is 12.8 Å². The molecule has 1 heterocycles. The molecule has 2 atom stereocenters. The lowest BCUT2D eigenvalue weighted by molar-refractivity contribution is 0.138. The molecule has 0 aromatic rings. The monoisotopic (exact) mass is 252 g/mol. The molecule has 1 saturated heterocycles. The second-order valence-electron chi connectivity index (χ2n) is 4.22. The van der Waals surface area contributed by atoms with Gasteiger partial charge in [0.15, 0.2) is 0 Å². The number of alkyl carbamates (subject to hydrolysis) is 1. The summed E-state index contributed by atoms with van der Waals surface area (Å²) in [4.78, 5) is 10.8. The Kier molecular flexibility index (Phi) is 6.50. The maximum Gasteiger partial charge on any atom is 0.407 e. The highest BCUT2D eigenvalue weighted by Gasteiger charge is 2.22. The SMILES string of the molecule is CC.CC(NCC1CNC(=O)O1)C1=CCCC=C1. The first kappa shape index (κ1) is 14.8. The Bertz CT molecular complexity index is 324. The molecule has 1 aliphatic carbocycles. The molecule has 2 aliphatic rings. The van der Waals surface area contributed by atoms with Crippen molar-refractivity contribution in [3.05, 3.63) is 23.8 Å². The van der Waals surface area contributed by atoms with Gasteiger partial charge in [-0.3, -0.25) is 0 Å². The summed E-state index contributed by atoms with van der Waals surface area (Å²) in [5, 5.41) is 6.02. The first-order valence-corrected chi connectivity index (χ1v) is 6.80. The third-order valence-corrected chi connectivity index (χ3v) is 2.92. The van der Waals surface area contributed by atoms with Crippen LogP contribution in [0.25, 0.3) is 0 Å². The summed E-state index contributed by atoms with van der Waals surface area (Å²) in [7, 11) is 0. The molecule has 1 aliphatic heterocycles. The maximum atomic E-state index is 10.8. The van der Waals surface area contributed by atoms with Crippen LogP contribution in [0.5, 0.6) is 0 Å². The summed E-state index contributed by atoms with van der Waals surface area (Å²) < 4.78 is 5.05. The van der Waals surface area contributed by atoms with Crippen molar-refractivity contribution in [2.45, 2.75) is 45.8 Å². The Morgan fingerprint density at radius 1 is 1.50 bits per heavy atom. The van der Waals surface area contributed by atoms with E-state index in [0.29, 0.717) is 19.1 Å². The van der Waals surface area contributed by atoms with E-state index in [1.807, 2.05) is 13.8 Å². The van der Waals surface area contributed by atoms with E-state index in [1.54, 1.807) is 0 Å². The lowest BCUT2D eigenvalue weighted by Gasteiger charge is -2.18. The van der Waals surface area contributed by atoms with Gasteiger partial charge in [0, 0.05) is 12.6 Å². The van der Waals surface area contributed by atoms with E-state index >= 15 is 0 Å². The Morgan fingerprint density at radius 2 is 2.28 bits per heavy atom. The predicted octanol–water partition coefficient (Wildman–Crippen LogP) is 2.38. The number of amides is 1. The van der Waals surface area contributed by atoms with E-state index in [-0.39, 0.29) is 12.2 Å². The topological polar surface area (TPSA) is 50.4 Å². The van der Waals surface area contributed by atoms with Gasteiger partial charge in [-0.05, 0) is 25.3 Å². The number of hydrogen-bond donors (Lipinski definition) is 2. The van der Waals surface area contributed by atoms with Crippen molar-refractivity contribution in [3.63, 3.8) is 0 Å². The van der Waals surface area contributed by atoms with Gasteiger partial charge in [-0.25, -0.2) is 4.79 Å². The molecule has 4 nitrogen and oxygen atoms in total. The van der Waals surface area contributed by atoms with Crippen LogP contribution >= 0.6 is 0 Å². The Labute approximate surface area is 109 Å². The molecule has 0 radical (unpaired) electrons. The summed E-state index contributed by atoms with van der Waals surface area (Å²) >= 11 is 0. The molecule has 4 heteroatoms. The van der Waals surface area contributed by atoms with E-state index in [1.165, 1.54) is 5.57 Å². The van der Waals surface area contributed by atoms with Gasteiger partial charge in [-0.15, -0.1) is 0 Å². The second kappa shape index (κ2) is 7.93. The number of nitrogens with one attached hydrogen (secondary N) is 2. The highest BCUT2D eigenvalue weighted by Crippen LogP contribution is 2.13. The molecule has 0 bridgehead atoms. The van der Waals surface area contributed by atoms with E-state index in [2.05, 4.69) is 35.8 Å². The molecular weight excluding hydrogens is 228 g/mol. The van der Waals surface area contributed by atoms with Gasteiger partial charge in [-0.1, -0.05) is 32.1 Å². The molecule has 2 rings (SSSR count). The molecule has 2 unspecified atom stereocenters. The highest BCUT2D eigenvalue weighted by molar-refractivity contribution is 5.69. The van der Waals surface area contributed by atoms with Gasteiger partial charge < -0.3 is 15.4 Å². The van der Waals surface area contributed by atoms with Crippen LogP contribution in [0.2, 0.25) is 0 Å². The molecule has 2 N–H and O–H groups in total. The average Bonchev–Trinajstić information content (AvgIpc) is 2.85. The normalized spacial score (nSPS) is 23.4. The summed E-state index contributed by atoms with van der Waals surface area (Å²) in [6, 6.07) is 0.316. The van der Waals surface area contributed by atoms with Crippen LogP contribution in [-0.2, 0) is 4.74 Å². The number of hydrogen-bond acceptors (Lipinski definition) is 3. The van der Waals surface area contributed by atoms with E-state index in [4.69, 9.17) is 4.74 Å². The highest BCUT2D eigenvalue weighted by atomic mass is 16.6. The minimum atomic E-state index is -0.309. The van der Waals surface area contributed by atoms with Gasteiger partial charge in [-0.2, -0.15) is 0 Å². The van der Waals surface area contributed by atoms with Crippen molar-refractivity contribution in [1.29, 1.82) is 0 Å². The van der Waals surface area contributed by atoms with Crippen LogP contribution < -0.4 is 10.6 Å². The predicted molar refractivity (Wildman–Crippen MR) is 73.5 cm³/mol. The Morgan fingerprint density at radius 3 is 2.83 bits per heavy atom. The zero-order valence-corrected chi connectivity index (χ0v) is 11.5. The van der Waals surface area contributed by atoms with Crippen molar-refractivity contribution in [3.8, 4) is 0 Å². The molecule has 0 spiro atoms. The van der Waals surface area contributed by atoms with Crippen LogP contribution in [0.1, 0.15) is 33.6 Å². The largest absolute Gasteiger partial charge is 0.443 e. The number of carbonyl (C=O) groups excluding carboxylic acids is 1. The minimum absolute atomic E-state index is 0.0388. The summed E-state index contributed by atoms with van der Waals surface area (Å²) in [6.45, 7) is 7.43. The minimum Gasteiger partial charge on any atom is -0.443 e. The number of rotatable bonds is 4. The smallest absolute Gasteiger partial charge is 0.407 e. The molecule has 102 valence electrons. The van der Waals surface area contributed by atoms with Crippen molar-refractivity contribution in [2.24, 2.45) is 0 Å². The van der Waals surface area contributed by atoms with Crippen LogP contribution in [0.4, 0.5) is 4.79 Å². The molecule has 1 fully saturated rings. The molecule has 18 heavy (non-hydrogen) atoms. The van der Waals surface area contributed by atoms with Crippen molar-refractivity contribution >= 4 is 6.09 Å². The molecule has 0 aromatic carbocycles. The van der Waals surface area contributed by atoms with Gasteiger partial charge in [0.05, 0.1) is 6.54 Å². The molecule has 1 amide bonds. The standard InChI is InChI=1S/C12H18N2O2.C2H6/c1-9(10-5-3-2-4-6-10)13-7-11-8-14-12(15)16-11;1-2/h3,5-6,9,11,13H,2,4,7-8H2,1H3,(H,14,15);1-2H3. The molecule has 0 saturated carbocycles. The zero-order valence-electron chi connectivity index (χ0n) is 11.5. The summed E-state index contributed by atoms with van der Waals surface area (Å²) in [5.41, 5.74) is 1.32. The third-order valence-electron chi connectivity index (χ3n) is 2.92. The quantitative estimate of drug-likeness (QED) is 0.807. The van der Waals surface area contributed by atoms with Gasteiger partial charge in [0.2, 0.25) is 0 Å². The number of carbonyl (C=O) groups is 1. The fraction of sp³-hybridized carbons (Fsp3) is 0.643. The van der Waals surface area contributed by atoms with Gasteiger partial charge in [0.25, 0.3) is 0 Å². The lowest BCUT2D eigenvalue weighted by atomic mass is 10.0. The fourth-order valence-electron chi connectivity index (χ4n) is 1.93. The van der Waals surface area contributed by atoms with Crippen LogP contribution in [0, 0.1) is 0 Å². The average molecular weight is 252 g/mol. The Balaban J connectivity index is 0.000000771. The lowest BCUT2D eigenvalue weighted by Crippen LogP contribution is -2.36. The van der Waals surface area contributed by atoms with E-state index in [9.17, 15) is 4.79 Å². The van der Waals surface area contributed by atoms with Gasteiger partial charge in [0.1, 0.15) is 6.10 Å². The number of allylic oxidation sites excluding steroid dienone is 2. The number of cyclic esters (lactones) is 1.